The minimum absolute atomic E-state index is 0.0847. The lowest BCUT2D eigenvalue weighted by atomic mass is 10.1. The van der Waals surface area contributed by atoms with Gasteiger partial charge in [0.25, 0.3) is 11.8 Å². The normalized spacial score (nSPS) is 13.5. The fourth-order valence-electron chi connectivity index (χ4n) is 2.38. The number of amides is 2. The maximum absolute atomic E-state index is 12.4. The highest BCUT2D eigenvalue weighted by Gasteiger charge is 2.24. The molecule has 23 heavy (non-hydrogen) atoms. The third-order valence-corrected chi connectivity index (χ3v) is 3.94. The Morgan fingerprint density at radius 1 is 0.957 bits per heavy atom. The monoisotopic (exact) mass is 308 g/mol. The molecular formula is C19H20N2O2. The van der Waals surface area contributed by atoms with Crippen LogP contribution < -0.4 is 10.6 Å². The first kappa shape index (κ1) is 15.3. The zero-order valence-electron chi connectivity index (χ0n) is 13.3. The second kappa shape index (κ2) is 6.24. The van der Waals surface area contributed by atoms with Crippen LogP contribution in [0.5, 0.6) is 0 Å². The number of carbonyl (C=O) groups is 2. The third kappa shape index (κ3) is 3.77. The lowest BCUT2D eigenvalue weighted by Crippen LogP contribution is -2.25. The van der Waals surface area contributed by atoms with Crippen molar-refractivity contribution in [2.45, 2.75) is 32.7 Å². The Labute approximate surface area is 135 Å². The molecule has 2 N–H and O–H groups in total. The van der Waals surface area contributed by atoms with Gasteiger partial charge in [-0.25, -0.2) is 0 Å². The number of anilines is 1. The van der Waals surface area contributed by atoms with E-state index in [-0.39, 0.29) is 11.8 Å². The van der Waals surface area contributed by atoms with Crippen LogP contribution in [0.2, 0.25) is 0 Å². The number of benzene rings is 2. The van der Waals surface area contributed by atoms with Crippen LogP contribution in [-0.2, 0) is 0 Å². The fourth-order valence-corrected chi connectivity index (χ4v) is 2.38. The predicted octanol–water partition coefficient (Wildman–Crippen LogP) is 3.45. The number of hydrogen-bond donors (Lipinski definition) is 2. The molecule has 1 aliphatic carbocycles. The van der Waals surface area contributed by atoms with Gasteiger partial charge in [-0.1, -0.05) is 23.8 Å². The first-order chi connectivity index (χ1) is 11.0. The summed E-state index contributed by atoms with van der Waals surface area (Å²) in [4.78, 5) is 24.5. The Balaban J connectivity index is 1.78. The zero-order chi connectivity index (χ0) is 16.4. The summed E-state index contributed by atoms with van der Waals surface area (Å²) in [6.07, 6.45) is 2.10. The van der Waals surface area contributed by atoms with Crippen molar-refractivity contribution < 1.29 is 9.59 Å². The van der Waals surface area contributed by atoms with E-state index in [0.717, 1.165) is 24.0 Å². The van der Waals surface area contributed by atoms with Gasteiger partial charge in [0.2, 0.25) is 0 Å². The molecule has 2 amide bonds. The van der Waals surface area contributed by atoms with Crippen molar-refractivity contribution in [2.75, 3.05) is 5.32 Å². The summed E-state index contributed by atoms with van der Waals surface area (Å²) >= 11 is 0. The molecule has 0 heterocycles. The van der Waals surface area contributed by atoms with Crippen LogP contribution in [0.15, 0.2) is 42.5 Å². The first-order valence-corrected chi connectivity index (χ1v) is 7.82. The Hall–Kier alpha value is -2.62. The van der Waals surface area contributed by atoms with Crippen LogP contribution in [0.25, 0.3) is 0 Å². The van der Waals surface area contributed by atoms with Crippen LogP contribution in [0.3, 0.4) is 0 Å². The molecule has 0 atom stereocenters. The van der Waals surface area contributed by atoms with Crippen LogP contribution in [0, 0.1) is 13.8 Å². The van der Waals surface area contributed by atoms with Gasteiger partial charge in [-0.05, 0) is 56.5 Å². The van der Waals surface area contributed by atoms with Crippen molar-refractivity contribution in [3.05, 3.63) is 64.7 Å². The van der Waals surface area contributed by atoms with Gasteiger partial charge in [0, 0.05) is 22.9 Å². The average Bonchev–Trinajstić information content (AvgIpc) is 3.33. The molecule has 4 nitrogen and oxygen atoms in total. The van der Waals surface area contributed by atoms with E-state index < -0.39 is 0 Å². The molecular weight excluding hydrogens is 288 g/mol. The van der Waals surface area contributed by atoms with E-state index >= 15 is 0 Å². The SMILES string of the molecule is Cc1cccc(C(=O)Nc2cc(C(=O)NC3CC3)ccc2C)c1. The van der Waals surface area contributed by atoms with Gasteiger partial charge in [-0.3, -0.25) is 9.59 Å². The minimum atomic E-state index is -0.170. The third-order valence-electron chi connectivity index (χ3n) is 3.94. The molecule has 0 saturated heterocycles. The summed E-state index contributed by atoms with van der Waals surface area (Å²) in [6, 6.07) is 13.1. The summed E-state index contributed by atoms with van der Waals surface area (Å²) in [5, 5.41) is 5.86. The summed E-state index contributed by atoms with van der Waals surface area (Å²) in [5.74, 6) is -0.255. The van der Waals surface area contributed by atoms with Crippen molar-refractivity contribution in [2.24, 2.45) is 0 Å². The molecule has 0 bridgehead atoms. The molecule has 0 aromatic heterocycles. The molecule has 3 rings (SSSR count). The molecule has 1 saturated carbocycles. The van der Waals surface area contributed by atoms with Crippen molar-refractivity contribution >= 4 is 17.5 Å². The Bertz CT molecular complexity index is 764. The molecule has 118 valence electrons. The molecule has 4 heteroatoms. The van der Waals surface area contributed by atoms with Gasteiger partial charge in [-0.15, -0.1) is 0 Å². The molecule has 0 spiro atoms. The summed E-state index contributed by atoms with van der Waals surface area (Å²) in [7, 11) is 0. The summed E-state index contributed by atoms with van der Waals surface area (Å²) < 4.78 is 0. The van der Waals surface area contributed by atoms with E-state index in [4.69, 9.17) is 0 Å². The number of carbonyl (C=O) groups excluding carboxylic acids is 2. The maximum Gasteiger partial charge on any atom is 0.255 e. The van der Waals surface area contributed by atoms with Crippen LogP contribution in [0.4, 0.5) is 5.69 Å². The van der Waals surface area contributed by atoms with Gasteiger partial charge in [0.05, 0.1) is 0 Å². The number of nitrogens with one attached hydrogen (secondary N) is 2. The van der Waals surface area contributed by atoms with Crippen molar-refractivity contribution in [3.8, 4) is 0 Å². The van der Waals surface area contributed by atoms with Gasteiger partial charge in [0.15, 0.2) is 0 Å². The van der Waals surface area contributed by atoms with E-state index in [1.165, 1.54) is 0 Å². The Morgan fingerprint density at radius 2 is 1.70 bits per heavy atom. The van der Waals surface area contributed by atoms with Crippen LogP contribution in [0.1, 0.15) is 44.7 Å². The second-order valence-corrected chi connectivity index (χ2v) is 6.10. The summed E-state index contributed by atoms with van der Waals surface area (Å²) in [5.41, 5.74) is 3.81. The molecule has 0 unspecified atom stereocenters. The van der Waals surface area contributed by atoms with E-state index in [1.807, 2.05) is 38.1 Å². The van der Waals surface area contributed by atoms with Crippen molar-refractivity contribution in [3.63, 3.8) is 0 Å². The quantitative estimate of drug-likeness (QED) is 0.909. The van der Waals surface area contributed by atoms with Gasteiger partial charge in [-0.2, -0.15) is 0 Å². The highest BCUT2D eigenvalue weighted by Crippen LogP contribution is 2.22. The highest BCUT2D eigenvalue weighted by molar-refractivity contribution is 6.05. The summed E-state index contributed by atoms with van der Waals surface area (Å²) in [6.45, 7) is 3.86. The molecule has 2 aromatic carbocycles. The second-order valence-electron chi connectivity index (χ2n) is 6.10. The Morgan fingerprint density at radius 3 is 2.39 bits per heavy atom. The van der Waals surface area contributed by atoms with E-state index in [1.54, 1.807) is 18.2 Å². The molecule has 1 aliphatic rings. The van der Waals surface area contributed by atoms with Gasteiger partial charge in [0.1, 0.15) is 0 Å². The lowest BCUT2D eigenvalue weighted by molar-refractivity contribution is 0.0949. The number of rotatable bonds is 4. The maximum atomic E-state index is 12.4. The predicted molar refractivity (Wildman–Crippen MR) is 90.8 cm³/mol. The van der Waals surface area contributed by atoms with Crippen molar-refractivity contribution in [1.82, 2.24) is 5.32 Å². The largest absolute Gasteiger partial charge is 0.349 e. The van der Waals surface area contributed by atoms with Crippen molar-refractivity contribution in [1.29, 1.82) is 0 Å². The van der Waals surface area contributed by atoms with E-state index in [2.05, 4.69) is 10.6 Å². The smallest absolute Gasteiger partial charge is 0.255 e. The Kier molecular flexibility index (Phi) is 4.15. The van der Waals surface area contributed by atoms with Gasteiger partial charge < -0.3 is 10.6 Å². The average molecular weight is 308 g/mol. The van der Waals surface area contributed by atoms with E-state index in [9.17, 15) is 9.59 Å². The van der Waals surface area contributed by atoms with Crippen LogP contribution >= 0.6 is 0 Å². The lowest BCUT2D eigenvalue weighted by Gasteiger charge is -2.11. The molecule has 0 aliphatic heterocycles. The van der Waals surface area contributed by atoms with Crippen LogP contribution in [-0.4, -0.2) is 17.9 Å². The van der Waals surface area contributed by atoms with E-state index in [0.29, 0.717) is 22.9 Å². The highest BCUT2D eigenvalue weighted by atomic mass is 16.2. The minimum Gasteiger partial charge on any atom is -0.349 e. The standard InChI is InChI=1S/C19H20N2O2/c1-12-4-3-5-14(10-12)19(23)21-17-11-15(7-6-13(17)2)18(22)20-16-8-9-16/h3-7,10-11,16H,8-9H2,1-2H3,(H,20,22)(H,21,23). The fraction of sp³-hybridized carbons (Fsp3) is 0.263. The molecule has 1 fully saturated rings. The zero-order valence-corrected chi connectivity index (χ0v) is 13.3. The number of hydrogen-bond acceptors (Lipinski definition) is 2. The molecule has 2 aromatic rings. The topological polar surface area (TPSA) is 58.2 Å². The molecule has 0 radical (unpaired) electrons. The van der Waals surface area contributed by atoms with Gasteiger partial charge >= 0.3 is 0 Å². The number of aryl methyl sites for hydroxylation is 2. The first-order valence-electron chi connectivity index (χ1n) is 7.82.